The molecule has 0 bridgehead atoms. The van der Waals surface area contributed by atoms with Gasteiger partial charge in [-0.3, -0.25) is 14.6 Å². The minimum absolute atomic E-state index is 0.0871. The number of hydrogen-bond donors (Lipinski definition) is 2. The fourth-order valence-electron chi connectivity index (χ4n) is 2.64. The lowest BCUT2D eigenvalue weighted by Gasteiger charge is -2.01. The number of Topliss-reactive ketones (excluding diaryl/α,β-unsaturated/α-hetero) is 1. The highest BCUT2D eigenvalue weighted by Gasteiger charge is 2.28. The Hall–Kier alpha value is -3.35. The van der Waals surface area contributed by atoms with Crippen LogP contribution in [0.1, 0.15) is 21.6 Å². The summed E-state index contributed by atoms with van der Waals surface area (Å²) in [5, 5.41) is 13.5. The number of aromatic nitrogens is 3. The van der Waals surface area contributed by atoms with Crippen molar-refractivity contribution < 1.29 is 4.79 Å². The van der Waals surface area contributed by atoms with E-state index in [0.29, 0.717) is 11.3 Å². The van der Waals surface area contributed by atoms with Crippen molar-refractivity contribution in [3.63, 3.8) is 0 Å². The number of rotatable bonds is 2. The Morgan fingerprint density at radius 3 is 2.52 bits per heavy atom. The maximum Gasteiger partial charge on any atom is 0.274 e. The number of hydrogen-bond acceptors (Lipinski definition) is 6. The average molecular weight is 305 g/mol. The molecule has 7 nitrogen and oxygen atoms in total. The number of aryl methyl sites for hydroxylation is 1. The molecule has 1 aliphatic carbocycles. The van der Waals surface area contributed by atoms with Crippen LogP contribution in [0.3, 0.4) is 0 Å². The first-order chi connectivity index (χ1) is 11.1. The molecule has 3 aromatic rings. The van der Waals surface area contributed by atoms with Crippen LogP contribution in [0.25, 0.3) is 10.8 Å². The second kappa shape index (κ2) is 4.84. The fourth-order valence-corrected chi connectivity index (χ4v) is 2.64. The summed E-state index contributed by atoms with van der Waals surface area (Å²) in [6.07, 6.45) is 0. The molecule has 4 rings (SSSR count). The summed E-state index contributed by atoms with van der Waals surface area (Å²) in [7, 11) is 0. The van der Waals surface area contributed by atoms with Crippen LogP contribution in [-0.4, -0.2) is 26.7 Å². The van der Waals surface area contributed by atoms with Crippen molar-refractivity contribution in [2.75, 3.05) is 5.43 Å². The van der Waals surface area contributed by atoms with Crippen molar-refractivity contribution in [2.45, 2.75) is 6.92 Å². The molecule has 112 valence electrons. The van der Waals surface area contributed by atoms with Gasteiger partial charge in [0.15, 0.2) is 0 Å². The van der Waals surface area contributed by atoms with E-state index >= 15 is 0 Å². The van der Waals surface area contributed by atoms with Gasteiger partial charge in [-0.1, -0.05) is 36.4 Å². The first kappa shape index (κ1) is 13.3. The molecule has 0 amide bonds. The van der Waals surface area contributed by atoms with E-state index in [0.717, 1.165) is 16.3 Å². The Kier molecular flexibility index (Phi) is 2.80. The minimum Gasteiger partial charge on any atom is -0.288 e. The van der Waals surface area contributed by atoms with Crippen LogP contribution < -0.4 is 11.0 Å². The zero-order valence-corrected chi connectivity index (χ0v) is 12.1. The molecule has 0 radical (unpaired) electrons. The predicted octanol–water partition coefficient (Wildman–Crippen LogP) is 1.64. The summed E-state index contributed by atoms with van der Waals surface area (Å²) in [5.74, 6) is -0.0734. The normalized spacial score (nSPS) is 14.7. The lowest BCUT2D eigenvalue weighted by molar-refractivity contribution is 0.107. The van der Waals surface area contributed by atoms with Gasteiger partial charge in [-0.05, 0) is 12.3 Å². The zero-order valence-electron chi connectivity index (χ0n) is 12.1. The van der Waals surface area contributed by atoms with Gasteiger partial charge in [-0.2, -0.15) is 5.10 Å². The maximum atomic E-state index is 12.5. The standard InChI is InChI=1S/C16H11N5O2/c1-8-15(23)17-16(20-18-8)21-19-13-10-6-2-4-9-5-3-7-11(12(9)10)14(13)22/h2-7H,1H3,(H2,17,20,21,23)/b19-13+. The Bertz CT molecular complexity index is 1050. The minimum atomic E-state index is -0.356. The summed E-state index contributed by atoms with van der Waals surface area (Å²) >= 11 is 0. The Morgan fingerprint density at radius 2 is 1.78 bits per heavy atom. The van der Waals surface area contributed by atoms with E-state index in [1.165, 1.54) is 0 Å². The largest absolute Gasteiger partial charge is 0.288 e. The molecule has 1 heterocycles. The molecule has 2 aromatic carbocycles. The van der Waals surface area contributed by atoms with Crippen LogP contribution in [0.2, 0.25) is 0 Å². The number of nitrogens with one attached hydrogen (secondary N) is 2. The molecule has 2 N–H and O–H groups in total. The van der Waals surface area contributed by atoms with Crippen LogP contribution in [0.15, 0.2) is 46.3 Å². The summed E-state index contributed by atoms with van der Waals surface area (Å²) in [5.41, 5.74) is 4.19. The molecule has 0 saturated carbocycles. The average Bonchev–Trinajstić information content (AvgIpc) is 2.84. The number of anilines is 1. The van der Waals surface area contributed by atoms with Gasteiger partial charge < -0.3 is 0 Å². The second-order valence-electron chi connectivity index (χ2n) is 5.20. The first-order valence-corrected chi connectivity index (χ1v) is 6.99. The van der Waals surface area contributed by atoms with Gasteiger partial charge in [0.05, 0.1) is 0 Å². The highest BCUT2D eigenvalue weighted by molar-refractivity contribution is 6.59. The van der Waals surface area contributed by atoms with Crippen LogP contribution in [0.5, 0.6) is 0 Å². The fraction of sp³-hybridized carbons (Fsp3) is 0.0625. The van der Waals surface area contributed by atoms with Gasteiger partial charge in [0.1, 0.15) is 11.4 Å². The summed E-state index contributed by atoms with van der Waals surface area (Å²) < 4.78 is 0. The molecule has 7 heteroatoms. The van der Waals surface area contributed by atoms with E-state index in [2.05, 4.69) is 25.7 Å². The van der Waals surface area contributed by atoms with Gasteiger partial charge in [0.25, 0.3) is 5.56 Å². The number of nitrogens with zero attached hydrogens (tertiary/aromatic N) is 3. The quantitative estimate of drug-likeness (QED) is 0.701. The highest BCUT2D eigenvalue weighted by atomic mass is 16.1. The number of aromatic amines is 1. The van der Waals surface area contributed by atoms with E-state index in [1.54, 1.807) is 13.0 Å². The van der Waals surface area contributed by atoms with E-state index in [1.807, 2.05) is 30.3 Å². The van der Waals surface area contributed by atoms with Crippen molar-refractivity contribution in [1.82, 2.24) is 15.2 Å². The monoisotopic (exact) mass is 305 g/mol. The van der Waals surface area contributed by atoms with Crippen molar-refractivity contribution >= 4 is 28.2 Å². The van der Waals surface area contributed by atoms with E-state index in [-0.39, 0.29) is 23.0 Å². The first-order valence-electron chi connectivity index (χ1n) is 6.99. The van der Waals surface area contributed by atoms with E-state index in [4.69, 9.17) is 0 Å². The third-order valence-electron chi connectivity index (χ3n) is 3.75. The SMILES string of the molecule is Cc1nnc(N/N=C2/C(=O)c3cccc4cccc2c34)[nH]c1=O. The summed E-state index contributed by atoms with van der Waals surface area (Å²) in [6, 6.07) is 11.3. The molecule has 0 unspecified atom stereocenters. The van der Waals surface area contributed by atoms with Crippen LogP contribution in [-0.2, 0) is 0 Å². The number of carbonyl (C=O) groups is 1. The number of hydrazone groups is 1. The number of carbonyl (C=O) groups excluding carboxylic acids is 1. The summed E-state index contributed by atoms with van der Waals surface area (Å²) in [4.78, 5) is 26.6. The molecular formula is C16H11N5O2. The van der Waals surface area contributed by atoms with Crippen molar-refractivity contribution in [1.29, 1.82) is 0 Å². The smallest absolute Gasteiger partial charge is 0.274 e. The molecule has 0 aliphatic heterocycles. The third kappa shape index (κ3) is 2.02. The van der Waals surface area contributed by atoms with Crippen molar-refractivity contribution in [2.24, 2.45) is 5.10 Å². The zero-order chi connectivity index (χ0) is 16.0. The third-order valence-corrected chi connectivity index (χ3v) is 3.75. The van der Waals surface area contributed by atoms with E-state index in [9.17, 15) is 9.59 Å². The van der Waals surface area contributed by atoms with Gasteiger partial charge in [0, 0.05) is 16.5 Å². The molecule has 0 saturated heterocycles. The van der Waals surface area contributed by atoms with Crippen molar-refractivity contribution in [3.8, 4) is 0 Å². The number of benzene rings is 2. The van der Waals surface area contributed by atoms with Crippen LogP contribution in [0, 0.1) is 6.92 Å². The van der Waals surface area contributed by atoms with Crippen LogP contribution >= 0.6 is 0 Å². The van der Waals surface area contributed by atoms with Gasteiger partial charge in [-0.15, -0.1) is 10.2 Å². The van der Waals surface area contributed by atoms with E-state index < -0.39 is 0 Å². The molecule has 23 heavy (non-hydrogen) atoms. The van der Waals surface area contributed by atoms with Gasteiger partial charge >= 0.3 is 0 Å². The van der Waals surface area contributed by atoms with Crippen molar-refractivity contribution in [3.05, 3.63) is 63.6 Å². The lowest BCUT2D eigenvalue weighted by atomic mass is 10.1. The Morgan fingerprint density at radius 1 is 1.04 bits per heavy atom. The molecule has 1 aromatic heterocycles. The van der Waals surface area contributed by atoms with Gasteiger partial charge in [-0.25, -0.2) is 5.43 Å². The highest BCUT2D eigenvalue weighted by Crippen LogP contribution is 2.30. The topological polar surface area (TPSA) is 100 Å². The molecular weight excluding hydrogens is 294 g/mol. The molecule has 0 atom stereocenters. The maximum absolute atomic E-state index is 12.5. The van der Waals surface area contributed by atoms with Gasteiger partial charge in [0.2, 0.25) is 11.7 Å². The second-order valence-corrected chi connectivity index (χ2v) is 5.20. The lowest BCUT2D eigenvalue weighted by Crippen LogP contribution is -2.17. The molecule has 0 fully saturated rings. The molecule has 0 spiro atoms. The van der Waals surface area contributed by atoms with Crippen LogP contribution in [0.4, 0.5) is 5.95 Å². The Labute approximate surface area is 130 Å². The predicted molar refractivity (Wildman–Crippen MR) is 85.8 cm³/mol. The number of H-pyrrole nitrogens is 1. The Balaban J connectivity index is 1.79. The molecule has 1 aliphatic rings. The summed E-state index contributed by atoms with van der Waals surface area (Å²) in [6.45, 7) is 1.55. The number of ketones is 1.